The van der Waals surface area contributed by atoms with E-state index in [1.807, 2.05) is 17.8 Å². The Morgan fingerprint density at radius 2 is 2.20 bits per heavy atom. The SMILES string of the molecule is Cc1ccoc1CSCc1ccc(Br)s1. The Morgan fingerprint density at radius 3 is 2.80 bits per heavy atom. The van der Waals surface area contributed by atoms with E-state index in [9.17, 15) is 0 Å². The van der Waals surface area contributed by atoms with E-state index >= 15 is 0 Å². The summed E-state index contributed by atoms with van der Waals surface area (Å²) in [7, 11) is 0. The second-order valence-electron chi connectivity index (χ2n) is 3.23. The van der Waals surface area contributed by atoms with E-state index in [0.29, 0.717) is 0 Å². The van der Waals surface area contributed by atoms with Crippen LogP contribution in [0, 0.1) is 6.92 Å². The van der Waals surface area contributed by atoms with E-state index in [0.717, 1.165) is 17.3 Å². The van der Waals surface area contributed by atoms with Crippen LogP contribution in [0.5, 0.6) is 0 Å². The molecule has 0 aliphatic heterocycles. The average molecular weight is 303 g/mol. The van der Waals surface area contributed by atoms with Gasteiger partial charge in [-0.2, -0.15) is 0 Å². The maximum atomic E-state index is 5.38. The molecule has 0 spiro atoms. The summed E-state index contributed by atoms with van der Waals surface area (Å²) in [4.78, 5) is 1.40. The van der Waals surface area contributed by atoms with Gasteiger partial charge in [-0.25, -0.2) is 0 Å². The zero-order valence-corrected chi connectivity index (χ0v) is 11.5. The van der Waals surface area contributed by atoms with Crippen molar-refractivity contribution in [3.05, 3.63) is 44.4 Å². The number of thiophene rings is 1. The van der Waals surface area contributed by atoms with Crippen molar-refractivity contribution >= 4 is 39.0 Å². The molecule has 0 aromatic carbocycles. The molecule has 0 fully saturated rings. The van der Waals surface area contributed by atoms with Crippen molar-refractivity contribution in [1.82, 2.24) is 0 Å². The zero-order valence-electron chi connectivity index (χ0n) is 8.33. The molecule has 2 aromatic heterocycles. The summed E-state index contributed by atoms with van der Waals surface area (Å²) >= 11 is 7.15. The van der Waals surface area contributed by atoms with Crippen LogP contribution in [0.2, 0.25) is 0 Å². The molecule has 0 unspecified atom stereocenters. The van der Waals surface area contributed by atoms with Crippen LogP contribution in [0.1, 0.15) is 16.2 Å². The summed E-state index contributed by atoms with van der Waals surface area (Å²) in [5, 5.41) is 0. The second-order valence-corrected chi connectivity index (χ2v) is 6.76. The van der Waals surface area contributed by atoms with Crippen molar-refractivity contribution < 1.29 is 4.42 Å². The molecule has 80 valence electrons. The fraction of sp³-hybridized carbons (Fsp3) is 0.273. The molecule has 15 heavy (non-hydrogen) atoms. The molecule has 0 aliphatic carbocycles. The number of thioether (sulfide) groups is 1. The maximum Gasteiger partial charge on any atom is 0.116 e. The molecule has 4 heteroatoms. The number of hydrogen-bond acceptors (Lipinski definition) is 3. The topological polar surface area (TPSA) is 13.1 Å². The molecule has 2 rings (SSSR count). The molecule has 0 bridgehead atoms. The lowest BCUT2D eigenvalue weighted by Crippen LogP contribution is -1.80. The minimum atomic E-state index is 0.953. The highest BCUT2D eigenvalue weighted by Gasteiger charge is 2.03. The quantitative estimate of drug-likeness (QED) is 0.801. The van der Waals surface area contributed by atoms with Gasteiger partial charge < -0.3 is 4.42 Å². The molecule has 0 saturated carbocycles. The second kappa shape index (κ2) is 5.23. The van der Waals surface area contributed by atoms with Gasteiger partial charge in [0.15, 0.2) is 0 Å². The lowest BCUT2D eigenvalue weighted by molar-refractivity contribution is 0.528. The monoisotopic (exact) mass is 302 g/mol. The first-order valence-electron chi connectivity index (χ1n) is 4.60. The Kier molecular flexibility index (Phi) is 3.94. The van der Waals surface area contributed by atoms with Crippen molar-refractivity contribution in [2.24, 2.45) is 0 Å². The largest absolute Gasteiger partial charge is 0.468 e. The van der Waals surface area contributed by atoms with Crippen LogP contribution in [-0.4, -0.2) is 0 Å². The van der Waals surface area contributed by atoms with Gasteiger partial charge in [0.25, 0.3) is 0 Å². The minimum absolute atomic E-state index is 0.953. The lowest BCUT2D eigenvalue weighted by atomic mass is 10.3. The number of aryl methyl sites for hydroxylation is 1. The maximum absolute atomic E-state index is 5.38. The third kappa shape index (κ3) is 3.13. The van der Waals surface area contributed by atoms with Crippen molar-refractivity contribution in [3.8, 4) is 0 Å². The fourth-order valence-electron chi connectivity index (χ4n) is 1.23. The van der Waals surface area contributed by atoms with Crippen molar-refractivity contribution in [2.45, 2.75) is 18.4 Å². The van der Waals surface area contributed by atoms with Crippen LogP contribution >= 0.6 is 39.0 Å². The van der Waals surface area contributed by atoms with Gasteiger partial charge in [0.2, 0.25) is 0 Å². The van der Waals surface area contributed by atoms with Gasteiger partial charge in [0, 0.05) is 10.6 Å². The highest BCUT2D eigenvalue weighted by molar-refractivity contribution is 9.11. The Balaban J connectivity index is 1.83. The Morgan fingerprint density at radius 1 is 1.33 bits per heavy atom. The van der Waals surface area contributed by atoms with Gasteiger partial charge in [-0.3, -0.25) is 0 Å². The summed E-state index contributed by atoms with van der Waals surface area (Å²) < 4.78 is 6.58. The van der Waals surface area contributed by atoms with Crippen LogP contribution in [0.25, 0.3) is 0 Å². The van der Waals surface area contributed by atoms with Crippen LogP contribution < -0.4 is 0 Å². The predicted molar refractivity (Wildman–Crippen MR) is 70.5 cm³/mol. The Hall–Kier alpha value is -0.190. The number of rotatable bonds is 4. The van der Waals surface area contributed by atoms with Gasteiger partial charge in [-0.1, -0.05) is 0 Å². The fourth-order valence-corrected chi connectivity index (χ4v) is 3.87. The Labute approximate surface area is 106 Å². The summed E-state index contributed by atoms with van der Waals surface area (Å²) in [5.41, 5.74) is 1.25. The molecule has 0 N–H and O–H groups in total. The first-order chi connectivity index (χ1) is 7.25. The van der Waals surface area contributed by atoms with Crippen LogP contribution in [0.3, 0.4) is 0 Å². The third-order valence-electron chi connectivity index (χ3n) is 2.07. The standard InChI is InChI=1S/C11H11BrOS2/c1-8-4-5-13-10(8)7-14-6-9-2-3-11(12)15-9/h2-5H,6-7H2,1H3. The zero-order chi connectivity index (χ0) is 10.7. The highest BCUT2D eigenvalue weighted by atomic mass is 79.9. The van der Waals surface area contributed by atoms with Crippen LogP contribution in [0.4, 0.5) is 0 Å². The molecule has 0 amide bonds. The van der Waals surface area contributed by atoms with E-state index in [-0.39, 0.29) is 0 Å². The molecule has 0 atom stereocenters. The van der Waals surface area contributed by atoms with E-state index in [2.05, 4.69) is 35.0 Å². The summed E-state index contributed by atoms with van der Waals surface area (Å²) in [6.07, 6.45) is 1.76. The van der Waals surface area contributed by atoms with Gasteiger partial charge >= 0.3 is 0 Å². The van der Waals surface area contributed by atoms with Gasteiger partial charge in [0.1, 0.15) is 5.76 Å². The summed E-state index contributed by atoms with van der Waals surface area (Å²) in [5.74, 6) is 3.10. The van der Waals surface area contributed by atoms with Crippen molar-refractivity contribution in [3.63, 3.8) is 0 Å². The van der Waals surface area contributed by atoms with Gasteiger partial charge in [-0.15, -0.1) is 23.1 Å². The normalized spacial score (nSPS) is 10.8. The summed E-state index contributed by atoms with van der Waals surface area (Å²) in [6.45, 7) is 2.08. The lowest BCUT2D eigenvalue weighted by Gasteiger charge is -1.98. The van der Waals surface area contributed by atoms with E-state index in [1.165, 1.54) is 14.2 Å². The van der Waals surface area contributed by atoms with E-state index < -0.39 is 0 Å². The minimum Gasteiger partial charge on any atom is -0.468 e. The molecule has 0 saturated heterocycles. The molecular formula is C11H11BrOS2. The van der Waals surface area contributed by atoms with Crippen LogP contribution in [-0.2, 0) is 11.5 Å². The smallest absolute Gasteiger partial charge is 0.116 e. The van der Waals surface area contributed by atoms with E-state index in [4.69, 9.17) is 4.42 Å². The predicted octanol–water partition coefficient (Wildman–Crippen LogP) is 4.85. The first-order valence-corrected chi connectivity index (χ1v) is 7.37. The van der Waals surface area contributed by atoms with Crippen molar-refractivity contribution in [2.75, 3.05) is 0 Å². The molecule has 0 radical (unpaired) electrons. The van der Waals surface area contributed by atoms with E-state index in [1.54, 1.807) is 17.6 Å². The number of hydrogen-bond donors (Lipinski definition) is 0. The molecule has 1 nitrogen and oxygen atoms in total. The molecular weight excluding hydrogens is 292 g/mol. The first kappa shape index (κ1) is 11.3. The van der Waals surface area contributed by atoms with Gasteiger partial charge in [0.05, 0.1) is 15.8 Å². The third-order valence-corrected chi connectivity index (χ3v) is 4.86. The van der Waals surface area contributed by atoms with Crippen LogP contribution in [0.15, 0.2) is 32.7 Å². The molecule has 0 aliphatic rings. The molecule has 2 heterocycles. The van der Waals surface area contributed by atoms with Gasteiger partial charge in [-0.05, 0) is 46.6 Å². The van der Waals surface area contributed by atoms with Crippen molar-refractivity contribution in [1.29, 1.82) is 0 Å². The number of furan rings is 1. The highest BCUT2D eigenvalue weighted by Crippen LogP contribution is 2.27. The summed E-state index contributed by atoms with van der Waals surface area (Å²) in [6, 6.07) is 6.27. The number of halogens is 1. The average Bonchev–Trinajstić information content (AvgIpc) is 2.77. The Bertz CT molecular complexity index is 433. The molecule has 2 aromatic rings.